The van der Waals surface area contributed by atoms with Crippen molar-refractivity contribution in [3.05, 3.63) is 59.8 Å². The summed E-state index contributed by atoms with van der Waals surface area (Å²) in [4.78, 5) is 28.9. The van der Waals surface area contributed by atoms with Crippen molar-refractivity contribution in [2.45, 2.75) is 13.8 Å². The molecule has 1 N–H and O–H groups in total. The molecule has 7 heteroatoms. The number of fused-ring (bicyclic) bond motifs is 1. The Balaban J connectivity index is 2.11. The van der Waals surface area contributed by atoms with Gasteiger partial charge in [0.25, 0.3) is 0 Å². The van der Waals surface area contributed by atoms with Crippen LogP contribution in [0.5, 0.6) is 5.75 Å². The summed E-state index contributed by atoms with van der Waals surface area (Å²) in [6, 6.07) is 12.3. The molecular formula is C22H22N2O5. The van der Waals surface area contributed by atoms with E-state index in [2.05, 4.69) is 10.3 Å². The number of rotatable bonds is 7. The van der Waals surface area contributed by atoms with Crippen LogP contribution in [-0.2, 0) is 9.47 Å². The van der Waals surface area contributed by atoms with Gasteiger partial charge in [-0.15, -0.1) is 0 Å². The number of methoxy groups -OCH3 is 1. The van der Waals surface area contributed by atoms with Gasteiger partial charge in [0, 0.05) is 17.3 Å². The molecule has 0 spiro atoms. The third-order valence-corrected chi connectivity index (χ3v) is 4.21. The van der Waals surface area contributed by atoms with Gasteiger partial charge in [0.1, 0.15) is 11.3 Å². The molecule has 3 rings (SSSR count). The predicted molar refractivity (Wildman–Crippen MR) is 110 cm³/mol. The van der Waals surface area contributed by atoms with Crippen LogP contribution in [0.2, 0.25) is 0 Å². The first kappa shape index (κ1) is 20.1. The van der Waals surface area contributed by atoms with Gasteiger partial charge < -0.3 is 19.5 Å². The van der Waals surface area contributed by atoms with Crippen LogP contribution in [0.25, 0.3) is 10.9 Å². The zero-order chi connectivity index (χ0) is 20.8. The third kappa shape index (κ3) is 4.45. The van der Waals surface area contributed by atoms with Gasteiger partial charge >= 0.3 is 11.9 Å². The monoisotopic (exact) mass is 394 g/mol. The Kier molecular flexibility index (Phi) is 6.29. The Bertz CT molecular complexity index is 1050. The van der Waals surface area contributed by atoms with Gasteiger partial charge in [-0.3, -0.25) is 4.98 Å². The smallest absolute Gasteiger partial charge is 0.341 e. The summed E-state index contributed by atoms with van der Waals surface area (Å²) < 4.78 is 15.6. The van der Waals surface area contributed by atoms with Gasteiger partial charge in [0.05, 0.1) is 37.1 Å². The third-order valence-electron chi connectivity index (χ3n) is 4.21. The molecule has 0 unspecified atom stereocenters. The average molecular weight is 394 g/mol. The summed E-state index contributed by atoms with van der Waals surface area (Å²) in [5, 5.41) is 3.93. The number of ether oxygens (including phenoxy) is 3. The van der Waals surface area contributed by atoms with E-state index in [1.165, 1.54) is 6.20 Å². The Morgan fingerprint density at radius 1 is 1.00 bits per heavy atom. The maximum absolute atomic E-state index is 12.5. The summed E-state index contributed by atoms with van der Waals surface area (Å²) in [7, 11) is 1.57. The Hall–Kier alpha value is -3.61. The van der Waals surface area contributed by atoms with E-state index >= 15 is 0 Å². The van der Waals surface area contributed by atoms with Gasteiger partial charge in [-0.05, 0) is 50.2 Å². The van der Waals surface area contributed by atoms with Gasteiger partial charge in [0.2, 0.25) is 0 Å². The summed E-state index contributed by atoms with van der Waals surface area (Å²) in [5.41, 5.74) is 2.52. The van der Waals surface area contributed by atoms with Crippen molar-refractivity contribution >= 4 is 34.2 Å². The number of benzene rings is 2. The number of pyridine rings is 1. The van der Waals surface area contributed by atoms with Crippen LogP contribution in [0.15, 0.2) is 48.7 Å². The Morgan fingerprint density at radius 2 is 1.76 bits per heavy atom. The second-order valence-electron chi connectivity index (χ2n) is 6.08. The molecule has 0 aliphatic carbocycles. The molecule has 1 heterocycles. The van der Waals surface area contributed by atoms with E-state index in [4.69, 9.17) is 14.2 Å². The van der Waals surface area contributed by atoms with Crippen LogP contribution in [0.4, 0.5) is 11.4 Å². The van der Waals surface area contributed by atoms with Crippen molar-refractivity contribution in [1.82, 2.24) is 4.98 Å². The molecule has 0 radical (unpaired) electrons. The van der Waals surface area contributed by atoms with Crippen LogP contribution < -0.4 is 10.1 Å². The highest BCUT2D eigenvalue weighted by Gasteiger charge is 2.18. The molecule has 0 fully saturated rings. The lowest BCUT2D eigenvalue weighted by Gasteiger charge is -2.15. The first-order valence-electron chi connectivity index (χ1n) is 9.25. The van der Waals surface area contributed by atoms with Crippen molar-refractivity contribution in [3.63, 3.8) is 0 Å². The molecule has 150 valence electrons. The molecule has 29 heavy (non-hydrogen) atoms. The molecule has 0 atom stereocenters. The molecule has 2 aromatic carbocycles. The highest BCUT2D eigenvalue weighted by Crippen LogP contribution is 2.32. The SMILES string of the molecule is CCOC(=O)c1cccc(Nc2c(C(=O)OCC)cnc3ccc(OC)cc23)c1. The topological polar surface area (TPSA) is 86.8 Å². The molecule has 7 nitrogen and oxygen atoms in total. The highest BCUT2D eigenvalue weighted by molar-refractivity contribution is 6.06. The molecule has 0 aliphatic rings. The maximum Gasteiger partial charge on any atom is 0.341 e. The van der Waals surface area contributed by atoms with Crippen molar-refractivity contribution in [2.24, 2.45) is 0 Å². The minimum atomic E-state index is -0.492. The fraction of sp³-hybridized carbons (Fsp3) is 0.227. The Morgan fingerprint density at radius 3 is 2.48 bits per heavy atom. The number of hydrogen-bond donors (Lipinski definition) is 1. The standard InChI is InChI=1S/C22H22N2O5/c1-4-28-21(25)14-7-6-8-15(11-14)24-20-17-12-16(27-3)9-10-19(17)23-13-18(20)22(26)29-5-2/h6-13H,4-5H2,1-3H3,(H,23,24). The normalized spacial score (nSPS) is 10.4. The van der Waals surface area contributed by atoms with Crippen molar-refractivity contribution in [1.29, 1.82) is 0 Å². The second kappa shape index (κ2) is 9.05. The van der Waals surface area contributed by atoms with Gasteiger partial charge in [-0.1, -0.05) is 6.07 Å². The fourth-order valence-electron chi connectivity index (χ4n) is 2.88. The van der Waals surface area contributed by atoms with E-state index < -0.39 is 11.9 Å². The van der Waals surface area contributed by atoms with Gasteiger partial charge in [-0.25, -0.2) is 9.59 Å². The van der Waals surface area contributed by atoms with Gasteiger partial charge in [0.15, 0.2) is 0 Å². The summed E-state index contributed by atoms with van der Waals surface area (Å²) in [5.74, 6) is -0.277. The molecule has 0 saturated carbocycles. The second-order valence-corrected chi connectivity index (χ2v) is 6.08. The molecular weight excluding hydrogens is 372 g/mol. The molecule has 1 aromatic heterocycles. The fourth-order valence-corrected chi connectivity index (χ4v) is 2.88. The van der Waals surface area contributed by atoms with Crippen LogP contribution in [0, 0.1) is 0 Å². The number of esters is 2. The largest absolute Gasteiger partial charge is 0.497 e. The lowest BCUT2D eigenvalue weighted by atomic mass is 10.1. The zero-order valence-corrected chi connectivity index (χ0v) is 16.5. The van der Waals surface area contributed by atoms with E-state index in [1.807, 2.05) is 6.07 Å². The molecule has 0 saturated heterocycles. The zero-order valence-electron chi connectivity index (χ0n) is 16.5. The summed E-state index contributed by atoms with van der Waals surface area (Å²) in [6.45, 7) is 4.03. The first-order valence-corrected chi connectivity index (χ1v) is 9.25. The van der Waals surface area contributed by atoms with Crippen molar-refractivity contribution in [2.75, 3.05) is 25.6 Å². The van der Waals surface area contributed by atoms with Crippen LogP contribution >= 0.6 is 0 Å². The van der Waals surface area contributed by atoms with Crippen LogP contribution in [-0.4, -0.2) is 37.2 Å². The minimum absolute atomic E-state index is 0.243. The van der Waals surface area contributed by atoms with Crippen molar-refractivity contribution < 1.29 is 23.8 Å². The van der Waals surface area contributed by atoms with E-state index in [9.17, 15) is 9.59 Å². The van der Waals surface area contributed by atoms with E-state index in [0.29, 0.717) is 33.6 Å². The number of nitrogens with zero attached hydrogens (tertiary/aromatic N) is 1. The minimum Gasteiger partial charge on any atom is -0.497 e. The van der Waals surface area contributed by atoms with Crippen molar-refractivity contribution in [3.8, 4) is 5.75 Å². The number of hydrogen-bond acceptors (Lipinski definition) is 7. The molecule has 0 amide bonds. The number of anilines is 2. The quantitative estimate of drug-likeness (QED) is 0.597. The number of aromatic nitrogens is 1. The van der Waals surface area contributed by atoms with Crippen LogP contribution in [0.3, 0.4) is 0 Å². The lowest BCUT2D eigenvalue weighted by molar-refractivity contribution is 0.0517. The van der Waals surface area contributed by atoms with Crippen LogP contribution in [0.1, 0.15) is 34.6 Å². The predicted octanol–water partition coefficient (Wildman–Crippen LogP) is 4.34. The lowest BCUT2D eigenvalue weighted by Crippen LogP contribution is -2.10. The number of carbonyl (C=O) groups excluding carboxylic acids is 2. The Labute approximate surface area is 168 Å². The molecule has 0 bridgehead atoms. The molecule has 3 aromatic rings. The summed E-state index contributed by atoms with van der Waals surface area (Å²) >= 11 is 0. The molecule has 0 aliphatic heterocycles. The first-order chi connectivity index (χ1) is 14.1. The van der Waals surface area contributed by atoms with E-state index in [-0.39, 0.29) is 18.8 Å². The maximum atomic E-state index is 12.5. The number of nitrogens with one attached hydrogen (secondary N) is 1. The highest BCUT2D eigenvalue weighted by atomic mass is 16.5. The van der Waals surface area contributed by atoms with Gasteiger partial charge in [-0.2, -0.15) is 0 Å². The van der Waals surface area contributed by atoms with E-state index in [1.54, 1.807) is 57.4 Å². The average Bonchev–Trinajstić information content (AvgIpc) is 2.74. The van der Waals surface area contributed by atoms with E-state index in [0.717, 1.165) is 0 Å². The summed E-state index contributed by atoms with van der Waals surface area (Å²) in [6.07, 6.45) is 1.48. The number of carbonyl (C=O) groups is 2.